The molecule has 2 nitrogen and oxygen atoms in total. The molecule has 0 fully saturated rings. The number of likely N-dealkylation sites (N-methyl/N-ethyl adjacent to an activating group) is 1. The van der Waals surface area contributed by atoms with E-state index in [0.717, 1.165) is 29.2 Å². The SMILES string of the molecule is CNCCc1nc(-c2ccc(F)c(Cl)c2)cs1. The van der Waals surface area contributed by atoms with Crippen LogP contribution >= 0.6 is 22.9 Å². The van der Waals surface area contributed by atoms with Crippen LogP contribution in [0.1, 0.15) is 5.01 Å². The summed E-state index contributed by atoms with van der Waals surface area (Å²) in [6.07, 6.45) is 0.899. The zero-order valence-electron chi connectivity index (χ0n) is 9.34. The summed E-state index contributed by atoms with van der Waals surface area (Å²) < 4.78 is 13.0. The summed E-state index contributed by atoms with van der Waals surface area (Å²) in [5, 5.41) is 6.24. The molecule has 0 radical (unpaired) electrons. The molecular weight excluding hydrogens is 259 g/mol. The van der Waals surface area contributed by atoms with Crippen LogP contribution in [0.4, 0.5) is 4.39 Å². The van der Waals surface area contributed by atoms with Crippen LogP contribution in [0.5, 0.6) is 0 Å². The van der Waals surface area contributed by atoms with Gasteiger partial charge in [0.2, 0.25) is 0 Å². The third kappa shape index (κ3) is 3.03. The van der Waals surface area contributed by atoms with E-state index in [9.17, 15) is 4.39 Å². The first-order chi connectivity index (χ1) is 8.20. The molecule has 0 atom stereocenters. The van der Waals surface area contributed by atoms with Crippen LogP contribution in [0.25, 0.3) is 11.3 Å². The van der Waals surface area contributed by atoms with Crippen molar-refractivity contribution in [2.24, 2.45) is 0 Å². The average Bonchev–Trinajstić information content (AvgIpc) is 2.79. The van der Waals surface area contributed by atoms with Gasteiger partial charge < -0.3 is 5.32 Å². The van der Waals surface area contributed by atoms with Crippen LogP contribution in [0, 0.1) is 5.82 Å². The Labute approximate surface area is 108 Å². The molecule has 0 aliphatic rings. The lowest BCUT2D eigenvalue weighted by Crippen LogP contribution is -2.09. The van der Waals surface area contributed by atoms with Gasteiger partial charge in [-0.25, -0.2) is 9.37 Å². The van der Waals surface area contributed by atoms with Crippen LogP contribution in [0.2, 0.25) is 5.02 Å². The van der Waals surface area contributed by atoms with Crippen molar-refractivity contribution < 1.29 is 4.39 Å². The summed E-state index contributed by atoms with van der Waals surface area (Å²) in [7, 11) is 1.91. The highest BCUT2D eigenvalue weighted by Gasteiger charge is 2.07. The number of rotatable bonds is 4. The largest absolute Gasteiger partial charge is 0.319 e. The van der Waals surface area contributed by atoms with Crippen LogP contribution < -0.4 is 5.32 Å². The van der Waals surface area contributed by atoms with Gasteiger partial charge in [0.1, 0.15) is 5.82 Å². The molecule has 90 valence electrons. The Morgan fingerprint density at radius 1 is 1.47 bits per heavy atom. The van der Waals surface area contributed by atoms with E-state index < -0.39 is 5.82 Å². The molecule has 0 aliphatic heterocycles. The first-order valence-electron chi connectivity index (χ1n) is 5.25. The minimum absolute atomic E-state index is 0.132. The van der Waals surface area contributed by atoms with Crippen molar-refractivity contribution in [3.05, 3.63) is 39.4 Å². The van der Waals surface area contributed by atoms with Gasteiger partial charge >= 0.3 is 0 Å². The molecule has 0 saturated carbocycles. The quantitative estimate of drug-likeness (QED) is 0.921. The minimum atomic E-state index is -0.402. The fourth-order valence-electron chi connectivity index (χ4n) is 1.45. The topological polar surface area (TPSA) is 24.9 Å². The molecule has 2 aromatic rings. The summed E-state index contributed by atoms with van der Waals surface area (Å²) >= 11 is 7.35. The molecule has 1 aromatic heterocycles. The van der Waals surface area contributed by atoms with Gasteiger partial charge in [0.15, 0.2) is 0 Å². The number of aromatic nitrogens is 1. The van der Waals surface area contributed by atoms with Gasteiger partial charge in [-0.15, -0.1) is 11.3 Å². The van der Waals surface area contributed by atoms with Gasteiger partial charge in [0, 0.05) is 23.9 Å². The second-order valence-electron chi connectivity index (χ2n) is 3.61. The van der Waals surface area contributed by atoms with Crippen LogP contribution in [-0.4, -0.2) is 18.6 Å². The second kappa shape index (κ2) is 5.58. The Bertz CT molecular complexity index is 513. The van der Waals surface area contributed by atoms with Gasteiger partial charge in [-0.1, -0.05) is 11.6 Å². The van der Waals surface area contributed by atoms with E-state index in [0.29, 0.717) is 0 Å². The van der Waals surface area contributed by atoms with Gasteiger partial charge in [0.05, 0.1) is 15.7 Å². The van der Waals surface area contributed by atoms with E-state index in [1.807, 2.05) is 12.4 Å². The lowest BCUT2D eigenvalue weighted by atomic mass is 10.2. The summed E-state index contributed by atoms with van der Waals surface area (Å²) in [5.74, 6) is -0.402. The van der Waals surface area contributed by atoms with Crippen molar-refractivity contribution in [3.8, 4) is 11.3 Å². The van der Waals surface area contributed by atoms with Crippen molar-refractivity contribution in [2.45, 2.75) is 6.42 Å². The Morgan fingerprint density at radius 2 is 2.29 bits per heavy atom. The molecule has 17 heavy (non-hydrogen) atoms. The van der Waals surface area contributed by atoms with Crippen LogP contribution in [0.15, 0.2) is 23.6 Å². The van der Waals surface area contributed by atoms with E-state index in [1.165, 1.54) is 6.07 Å². The Morgan fingerprint density at radius 3 is 3.00 bits per heavy atom. The molecule has 0 aliphatic carbocycles. The Balaban J connectivity index is 2.21. The molecule has 1 aromatic carbocycles. The van der Waals surface area contributed by atoms with E-state index in [2.05, 4.69) is 10.3 Å². The monoisotopic (exact) mass is 270 g/mol. The number of hydrogen-bond donors (Lipinski definition) is 1. The number of benzene rings is 1. The van der Waals surface area contributed by atoms with E-state index >= 15 is 0 Å². The number of nitrogens with zero attached hydrogens (tertiary/aromatic N) is 1. The predicted molar refractivity (Wildman–Crippen MR) is 70.1 cm³/mol. The third-order valence-corrected chi connectivity index (χ3v) is 3.55. The lowest BCUT2D eigenvalue weighted by molar-refractivity contribution is 0.628. The first-order valence-corrected chi connectivity index (χ1v) is 6.51. The van der Waals surface area contributed by atoms with Crippen molar-refractivity contribution >= 4 is 22.9 Å². The third-order valence-electron chi connectivity index (χ3n) is 2.36. The maximum Gasteiger partial charge on any atom is 0.141 e. The Hall–Kier alpha value is -0.970. The second-order valence-corrected chi connectivity index (χ2v) is 4.96. The average molecular weight is 271 g/mol. The molecule has 2 rings (SSSR count). The highest BCUT2D eigenvalue weighted by Crippen LogP contribution is 2.26. The number of thiazole rings is 1. The molecule has 0 spiro atoms. The molecule has 5 heteroatoms. The molecule has 0 amide bonds. The van der Waals surface area contributed by atoms with Crippen molar-refractivity contribution in [2.75, 3.05) is 13.6 Å². The fraction of sp³-hybridized carbons (Fsp3) is 0.250. The molecule has 0 saturated heterocycles. The van der Waals surface area contributed by atoms with E-state index in [4.69, 9.17) is 11.6 Å². The van der Waals surface area contributed by atoms with Crippen LogP contribution in [0.3, 0.4) is 0 Å². The fourth-order valence-corrected chi connectivity index (χ4v) is 2.43. The smallest absolute Gasteiger partial charge is 0.141 e. The lowest BCUT2D eigenvalue weighted by Gasteiger charge is -1.99. The van der Waals surface area contributed by atoms with Gasteiger partial charge in [-0.3, -0.25) is 0 Å². The summed E-state index contributed by atoms with van der Waals surface area (Å²) in [5.41, 5.74) is 1.70. The summed E-state index contributed by atoms with van der Waals surface area (Å²) in [6, 6.07) is 4.66. The number of hydrogen-bond acceptors (Lipinski definition) is 3. The number of halogens is 2. The zero-order valence-corrected chi connectivity index (χ0v) is 10.9. The highest BCUT2D eigenvalue weighted by atomic mass is 35.5. The van der Waals surface area contributed by atoms with Crippen molar-refractivity contribution in [1.82, 2.24) is 10.3 Å². The highest BCUT2D eigenvalue weighted by molar-refractivity contribution is 7.09. The Kier molecular flexibility index (Phi) is 4.10. The minimum Gasteiger partial charge on any atom is -0.319 e. The molecule has 0 bridgehead atoms. The van der Waals surface area contributed by atoms with Gasteiger partial charge in [-0.05, 0) is 25.2 Å². The van der Waals surface area contributed by atoms with Crippen molar-refractivity contribution in [3.63, 3.8) is 0 Å². The standard InChI is InChI=1S/C12H12ClFN2S/c1-15-5-4-12-16-11(7-17-12)8-2-3-10(14)9(13)6-8/h2-3,6-7,15H,4-5H2,1H3. The van der Waals surface area contributed by atoms with E-state index in [1.54, 1.807) is 23.5 Å². The van der Waals surface area contributed by atoms with Gasteiger partial charge in [0.25, 0.3) is 0 Å². The summed E-state index contributed by atoms with van der Waals surface area (Å²) in [6.45, 7) is 0.900. The molecular formula is C12H12ClFN2S. The van der Waals surface area contributed by atoms with Gasteiger partial charge in [-0.2, -0.15) is 0 Å². The van der Waals surface area contributed by atoms with Crippen molar-refractivity contribution in [1.29, 1.82) is 0 Å². The maximum absolute atomic E-state index is 13.0. The number of nitrogens with one attached hydrogen (secondary N) is 1. The molecule has 1 N–H and O–H groups in total. The van der Waals surface area contributed by atoms with E-state index in [-0.39, 0.29) is 5.02 Å². The molecule has 0 unspecified atom stereocenters. The zero-order chi connectivity index (χ0) is 12.3. The molecule has 1 heterocycles. The summed E-state index contributed by atoms with van der Waals surface area (Å²) in [4.78, 5) is 4.49. The predicted octanol–water partition coefficient (Wildman–Crippen LogP) is 3.36. The normalized spacial score (nSPS) is 10.8. The van der Waals surface area contributed by atoms with Crippen LogP contribution in [-0.2, 0) is 6.42 Å². The first kappa shape index (κ1) is 12.5. The maximum atomic E-state index is 13.0.